The molecule has 292 valence electrons. The maximum atomic E-state index is 13.4. The molecule has 2 aromatic carbocycles. The van der Waals surface area contributed by atoms with E-state index in [4.69, 9.17) is 4.74 Å². The van der Waals surface area contributed by atoms with Gasteiger partial charge >= 0.3 is 11.9 Å². The van der Waals surface area contributed by atoms with Gasteiger partial charge in [-0.15, -0.1) is 0 Å². The summed E-state index contributed by atoms with van der Waals surface area (Å²) in [5, 5.41) is 15.8. The van der Waals surface area contributed by atoms with Gasteiger partial charge in [-0.1, -0.05) is 48.5 Å². The average molecular weight is 759 g/mol. The Labute approximate surface area is 327 Å². The highest BCUT2D eigenvalue weighted by Crippen LogP contribution is 2.34. The van der Waals surface area contributed by atoms with Gasteiger partial charge in [-0.3, -0.25) is 19.6 Å². The lowest BCUT2D eigenvalue weighted by molar-refractivity contribution is -0.150. The van der Waals surface area contributed by atoms with E-state index in [1.165, 1.54) is 12.8 Å². The number of anilines is 2. The number of esters is 1. The fourth-order valence-corrected chi connectivity index (χ4v) is 8.58. The molecule has 4 aromatic rings. The van der Waals surface area contributed by atoms with Crippen LogP contribution in [0.1, 0.15) is 88.4 Å². The SMILES string of the molecule is CCOC(=O)C1(NC(=O)c2ccncc2N2CCCCC2)Cc2ccccc2C1.O=C(NC1(C(=O)O)Cc2ccccc2C1)c1ccncc1N1CCCCC1. The maximum Gasteiger partial charge on any atom is 0.332 e. The molecule has 2 aliphatic carbocycles. The third kappa shape index (κ3) is 8.10. The lowest BCUT2D eigenvalue weighted by Gasteiger charge is -2.31. The summed E-state index contributed by atoms with van der Waals surface area (Å²) < 4.78 is 5.37. The number of amides is 2. The van der Waals surface area contributed by atoms with Crippen molar-refractivity contribution < 1.29 is 29.0 Å². The van der Waals surface area contributed by atoms with Crippen LogP contribution >= 0.6 is 0 Å². The van der Waals surface area contributed by atoms with Gasteiger partial charge in [-0.25, -0.2) is 9.59 Å². The van der Waals surface area contributed by atoms with Crippen LogP contribution in [0, 0.1) is 0 Å². The molecule has 0 bridgehead atoms. The standard InChI is InChI=1S/C23H27N3O3.C21H23N3O3/c1-2-29-22(28)23(14-17-8-4-5-9-18(17)15-23)25-21(27)19-10-11-24-16-20(19)26-12-6-3-7-13-26;25-19(17-8-9-22-14-18(17)24-10-4-1-5-11-24)23-21(20(26)27)12-15-6-2-3-7-16(15)13-21/h4-5,8-11,16H,2-3,6-7,12-15H2,1H3,(H,25,27);2-3,6-9,14H,1,4-5,10-13H2,(H,23,25)(H,26,27). The molecule has 0 radical (unpaired) electrons. The lowest BCUT2D eigenvalue weighted by Crippen LogP contribution is -2.56. The van der Waals surface area contributed by atoms with Crippen LogP contribution in [0.5, 0.6) is 0 Å². The summed E-state index contributed by atoms with van der Waals surface area (Å²) in [5.41, 5.74) is 4.40. The Morgan fingerprint density at radius 2 is 1.02 bits per heavy atom. The molecule has 2 fully saturated rings. The monoisotopic (exact) mass is 758 g/mol. The molecule has 56 heavy (non-hydrogen) atoms. The number of ether oxygens (including phenoxy) is 1. The van der Waals surface area contributed by atoms with Crippen LogP contribution in [0.4, 0.5) is 11.4 Å². The molecule has 0 spiro atoms. The number of carbonyl (C=O) groups is 4. The number of hydrogen-bond donors (Lipinski definition) is 3. The first-order chi connectivity index (χ1) is 27.2. The number of fused-ring (bicyclic) bond motifs is 2. The molecule has 2 saturated heterocycles. The van der Waals surface area contributed by atoms with Crippen LogP contribution in [0.2, 0.25) is 0 Å². The van der Waals surface area contributed by atoms with E-state index in [0.29, 0.717) is 36.8 Å². The summed E-state index contributed by atoms with van der Waals surface area (Å²) in [6, 6.07) is 19.0. The maximum absolute atomic E-state index is 13.4. The van der Waals surface area contributed by atoms with E-state index in [-0.39, 0.29) is 24.4 Å². The average Bonchev–Trinajstić information content (AvgIpc) is 3.81. The first kappa shape index (κ1) is 38.5. The summed E-state index contributed by atoms with van der Waals surface area (Å²) in [7, 11) is 0. The zero-order valence-corrected chi connectivity index (χ0v) is 32.0. The molecule has 0 atom stereocenters. The minimum atomic E-state index is -1.30. The van der Waals surface area contributed by atoms with E-state index < -0.39 is 17.0 Å². The predicted molar refractivity (Wildman–Crippen MR) is 213 cm³/mol. The second-order valence-corrected chi connectivity index (χ2v) is 15.2. The molecule has 4 heterocycles. The molecular formula is C44H50N6O6. The van der Waals surface area contributed by atoms with E-state index in [1.54, 1.807) is 43.8 Å². The molecular weight excluding hydrogens is 709 g/mol. The Hall–Kier alpha value is -5.78. The first-order valence-electron chi connectivity index (χ1n) is 19.8. The van der Waals surface area contributed by atoms with E-state index in [9.17, 15) is 24.3 Å². The van der Waals surface area contributed by atoms with Crippen LogP contribution in [0.25, 0.3) is 0 Å². The highest BCUT2D eigenvalue weighted by molar-refractivity contribution is 6.03. The van der Waals surface area contributed by atoms with Crippen LogP contribution in [0.3, 0.4) is 0 Å². The lowest BCUT2D eigenvalue weighted by atomic mass is 9.94. The summed E-state index contributed by atoms with van der Waals surface area (Å²) in [6.07, 6.45) is 14.9. The number of aliphatic carboxylic acids is 1. The third-order valence-corrected chi connectivity index (χ3v) is 11.5. The summed E-state index contributed by atoms with van der Waals surface area (Å²) in [5.74, 6) is -1.99. The Morgan fingerprint density at radius 1 is 0.625 bits per heavy atom. The number of nitrogens with zero attached hydrogens (tertiary/aromatic N) is 4. The van der Waals surface area contributed by atoms with E-state index in [2.05, 4.69) is 30.4 Å². The van der Waals surface area contributed by atoms with Gasteiger partial charge in [0.25, 0.3) is 11.8 Å². The molecule has 8 rings (SSSR count). The Kier molecular flexibility index (Phi) is 11.6. The third-order valence-electron chi connectivity index (χ3n) is 11.5. The second kappa shape index (κ2) is 16.9. The molecule has 2 aliphatic heterocycles. The highest BCUT2D eigenvalue weighted by Gasteiger charge is 2.47. The van der Waals surface area contributed by atoms with Crippen LogP contribution in [-0.2, 0) is 40.0 Å². The van der Waals surface area contributed by atoms with Gasteiger partial charge in [-0.2, -0.15) is 0 Å². The van der Waals surface area contributed by atoms with Crippen molar-refractivity contribution in [2.75, 3.05) is 42.6 Å². The number of carboxylic acid groups (broad SMARTS) is 1. The number of carbonyl (C=O) groups excluding carboxylic acids is 3. The minimum Gasteiger partial charge on any atom is -0.479 e. The first-order valence-corrected chi connectivity index (χ1v) is 19.8. The molecule has 2 amide bonds. The van der Waals surface area contributed by atoms with Crippen LogP contribution < -0.4 is 20.4 Å². The zero-order valence-electron chi connectivity index (χ0n) is 32.0. The number of benzene rings is 2. The van der Waals surface area contributed by atoms with Gasteiger partial charge in [0.1, 0.15) is 11.1 Å². The van der Waals surface area contributed by atoms with E-state index in [0.717, 1.165) is 85.5 Å². The van der Waals surface area contributed by atoms with Gasteiger partial charge in [0.2, 0.25) is 0 Å². The van der Waals surface area contributed by atoms with Gasteiger partial charge < -0.3 is 30.3 Å². The molecule has 12 nitrogen and oxygen atoms in total. The van der Waals surface area contributed by atoms with Crippen LogP contribution in [0.15, 0.2) is 85.5 Å². The van der Waals surface area contributed by atoms with Gasteiger partial charge in [0.05, 0.1) is 41.5 Å². The number of piperidine rings is 2. The van der Waals surface area contributed by atoms with Gasteiger partial charge in [0, 0.05) is 64.3 Å². The Morgan fingerprint density at radius 3 is 1.41 bits per heavy atom. The second-order valence-electron chi connectivity index (χ2n) is 15.2. The van der Waals surface area contributed by atoms with Crippen molar-refractivity contribution >= 4 is 35.1 Å². The summed E-state index contributed by atoms with van der Waals surface area (Å²) in [6.45, 7) is 5.68. The number of aromatic nitrogens is 2. The molecule has 2 aromatic heterocycles. The Bertz CT molecular complexity index is 2020. The predicted octanol–water partition coefficient (Wildman–Crippen LogP) is 5.33. The number of hydrogen-bond acceptors (Lipinski definition) is 9. The topological polar surface area (TPSA) is 154 Å². The molecule has 12 heteroatoms. The minimum absolute atomic E-state index is 0.256. The fraction of sp³-hybridized carbons (Fsp3) is 0.409. The number of rotatable bonds is 9. The zero-order chi connectivity index (χ0) is 39.1. The van der Waals surface area contributed by atoms with Crippen molar-refractivity contribution in [1.82, 2.24) is 20.6 Å². The number of nitrogens with one attached hydrogen (secondary N) is 2. The molecule has 4 aliphatic rings. The number of pyridine rings is 2. The van der Waals surface area contributed by atoms with Crippen LogP contribution in [-0.4, -0.2) is 82.7 Å². The number of carboxylic acids is 1. The largest absolute Gasteiger partial charge is 0.479 e. The normalized spacial score (nSPS) is 17.7. The van der Waals surface area contributed by atoms with Crippen molar-refractivity contribution in [3.05, 3.63) is 119 Å². The molecule has 3 N–H and O–H groups in total. The van der Waals surface area contributed by atoms with Crippen molar-refractivity contribution in [3.8, 4) is 0 Å². The van der Waals surface area contributed by atoms with Gasteiger partial charge in [-0.05, 0) is 79.8 Å². The summed E-state index contributed by atoms with van der Waals surface area (Å²) >= 11 is 0. The molecule has 0 saturated carbocycles. The van der Waals surface area contributed by atoms with Crippen molar-refractivity contribution in [1.29, 1.82) is 0 Å². The Balaban J connectivity index is 0.000000172. The summed E-state index contributed by atoms with van der Waals surface area (Å²) in [4.78, 5) is 64.3. The quantitative estimate of drug-likeness (QED) is 0.191. The van der Waals surface area contributed by atoms with Crippen molar-refractivity contribution in [2.45, 2.75) is 82.2 Å². The van der Waals surface area contributed by atoms with Gasteiger partial charge in [0.15, 0.2) is 0 Å². The highest BCUT2D eigenvalue weighted by atomic mass is 16.5. The van der Waals surface area contributed by atoms with E-state index >= 15 is 0 Å². The van der Waals surface area contributed by atoms with E-state index in [1.807, 2.05) is 48.5 Å². The fourth-order valence-electron chi connectivity index (χ4n) is 8.58. The smallest absolute Gasteiger partial charge is 0.332 e. The van der Waals surface area contributed by atoms with Crippen molar-refractivity contribution in [3.63, 3.8) is 0 Å². The van der Waals surface area contributed by atoms with Crippen molar-refractivity contribution in [2.24, 2.45) is 0 Å². The molecule has 0 unspecified atom stereocenters.